The van der Waals surface area contributed by atoms with Gasteiger partial charge in [-0.1, -0.05) is 273 Å². The first-order valence-corrected chi connectivity index (χ1v) is 29.9. The maximum absolute atomic E-state index is 9.93. The van der Waals surface area contributed by atoms with Crippen LogP contribution in [0.4, 0.5) is 17.1 Å². The Balaban J connectivity index is 1.06. The molecule has 0 bridgehead atoms. The minimum absolute atomic E-state index is 0.124. The molecule has 3 aliphatic rings. The Morgan fingerprint density at radius 3 is 1.29 bits per heavy atom. The summed E-state index contributed by atoms with van der Waals surface area (Å²) in [4.78, 5) is 2.33. The van der Waals surface area contributed by atoms with E-state index in [4.69, 9.17) is 2.74 Å². The van der Waals surface area contributed by atoms with Crippen LogP contribution < -0.4 is 46.4 Å². The van der Waals surface area contributed by atoms with Gasteiger partial charge in [0.2, 0.25) is 0 Å². The van der Waals surface area contributed by atoms with Crippen LogP contribution in [0.15, 0.2) is 309 Å². The molecule has 0 radical (unpaired) electrons. The molecule has 0 spiro atoms. The van der Waals surface area contributed by atoms with Crippen LogP contribution >= 0.6 is 0 Å². The lowest BCUT2D eigenvalue weighted by Gasteiger charge is -2.36. The van der Waals surface area contributed by atoms with Crippen LogP contribution in [-0.2, 0) is 5.41 Å². The third-order valence-electron chi connectivity index (χ3n) is 16.5. The van der Waals surface area contributed by atoms with Crippen LogP contribution in [0.3, 0.4) is 0 Å². The number of anilines is 3. The molecule has 2 aliphatic heterocycles. The van der Waals surface area contributed by atoms with Gasteiger partial charge in [-0.15, -0.1) is 0 Å². The lowest BCUT2D eigenvalue weighted by Crippen LogP contribution is -2.72. The highest BCUT2D eigenvalue weighted by Gasteiger charge is 2.51. The average molecular weight is 1010 g/mol. The monoisotopic (exact) mass is 1010 g/mol. The van der Waals surface area contributed by atoms with E-state index >= 15 is 0 Å². The molecule has 0 unspecified atom stereocenters. The molecular weight excluding hydrogens is 947 g/mol. The van der Waals surface area contributed by atoms with Gasteiger partial charge in [0.15, 0.2) is 16.1 Å². The van der Waals surface area contributed by atoms with E-state index in [0.717, 1.165) is 50.1 Å². The van der Waals surface area contributed by atoms with E-state index in [-0.39, 0.29) is 35.3 Å². The zero-order valence-electron chi connectivity index (χ0n) is 49.3. The predicted molar refractivity (Wildman–Crippen MR) is 324 cm³/mol. The van der Waals surface area contributed by atoms with Gasteiger partial charge in [0, 0.05) is 17.1 Å². The fourth-order valence-electron chi connectivity index (χ4n) is 13.6. The molecule has 1 aliphatic carbocycles. The molecule has 3 heteroatoms. The molecule has 1 nitrogen and oxygen atoms in total. The minimum Gasteiger partial charge on any atom is -0.311 e. The van der Waals surface area contributed by atoms with Crippen molar-refractivity contribution in [1.82, 2.24) is 0 Å². The summed E-state index contributed by atoms with van der Waals surface area (Å²) in [6.45, 7) is 0. The van der Waals surface area contributed by atoms with Gasteiger partial charge in [-0.25, -0.2) is 0 Å². The Bertz CT molecular complexity index is 4330. The van der Waals surface area contributed by atoms with Crippen molar-refractivity contribution in [2.45, 2.75) is 5.41 Å². The van der Waals surface area contributed by atoms with Crippen LogP contribution in [-0.4, -0.2) is 16.1 Å². The van der Waals surface area contributed by atoms with E-state index in [1.165, 1.54) is 37.4 Å². The number of nitrogens with zero attached hydrogens (tertiary/aromatic N) is 1. The third kappa shape index (κ3) is 6.18. The van der Waals surface area contributed by atoms with E-state index in [2.05, 4.69) is 223 Å². The number of rotatable bonds is 9. The topological polar surface area (TPSA) is 3.24 Å². The van der Waals surface area contributed by atoms with Crippen molar-refractivity contribution in [1.29, 1.82) is 0 Å². The van der Waals surface area contributed by atoms with Crippen LogP contribution in [0.5, 0.6) is 0 Å². The molecule has 15 rings (SSSR count). The minimum atomic E-state index is -4.15. The summed E-state index contributed by atoms with van der Waals surface area (Å²) < 4.78 is 75.6. The highest BCUT2D eigenvalue weighted by molar-refractivity contribution is 7.23. The Morgan fingerprint density at radius 1 is 0.276 bits per heavy atom. The maximum Gasteiger partial charge on any atom is 0.180 e. The fourth-order valence-corrected chi connectivity index (χ4v) is 23.6. The molecular formula is C73H51NSi2. The van der Waals surface area contributed by atoms with Crippen LogP contribution in [0, 0.1) is 0 Å². The first kappa shape index (κ1) is 36.7. The summed E-state index contributed by atoms with van der Waals surface area (Å²) in [5.74, 6) is 0. The summed E-state index contributed by atoms with van der Waals surface area (Å²) in [7, 11) is -7.20. The Kier molecular flexibility index (Phi) is 8.46. The number of fused-ring (bicyclic) bond motifs is 9. The molecule has 356 valence electrons. The van der Waals surface area contributed by atoms with Gasteiger partial charge >= 0.3 is 0 Å². The first-order chi connectivity index (χ1) is 41.0. The SMILES string of the molecule is [2H]c1c([2H])c([2H])c2c(c1[2H])-c1c([2H])c([2H])c([2H])c([2H])c1[Si]2(c1ccccc1)c1cccc(N(c2ccc3c(c2)C(c2ccccc2)(c2ccccc2)c2ccccc2-3)c2ccc3c(c2)[Si](c2ccccc2)(c2ccccc2)c2ccccc2-3)c1. The van der Waals surface area contributed by atoms with Gasteiger partial charge in [0.25, 0.3) is 0 Å². The summed E-state index contributed by atoms with van der Waals surface area (Å²) in [6.07, 6.45) is 0. The zero-order valence-corrected chi connectivity index (χ0v) is 43.3. The van der Waals surface area contributed by atoms with Gasteiger partial charge in [-0.2, -0.15) is 0 Å². The standard InChI is InChI=1S/C73H51NSi2/c1-6-25-52(26-7-1)73(53-27-8-2-9-28-53)67-41-20-16-37-61(67)62-47-45-55(50-68(62)73)74(54-29-24-36-60(49-54)76(59-34-14-5-15-35-59)70-43-22-17-38-63(70)64-39-18-23-44-71(64)76)56-46-48-66-65-40-19-21-42-69(65)75(72(66)51-56,57-30-10-3-11-31-57)58-32-12-4-13-33-58/h1-51H/i17D,18D,22D,23D,38D,39D,43D,44D. The smallest absolute Gasteiger partial charge is 0.180 e. The van der Waals surface area contributed by atoms with E-state index in [1.54, 1.807) is 0 Å². The van der Waals surface area contributed by atoms with Crippen molar-refractivity contribution < 1.29 is 11.0 Å². The Hall–Kier alpha value is -9.13. The van der Waals surface area contributed by atoms with Crippen LogP contribution in [0.2, 0.25) is 0 Å². The van der Waals surface area contributed by atoms with Crippen molar-refractivity contribution in [3.05, 3.63) is 331 Å². The van der Waals surface area contributed by atoms with Crippen molar-refractivity contribution in [3.63, 3.8) is 0 Å². The average Bonchev–Trinajstić information content (AvgIpc) is 1.70. The zero-order chi connectivity index (χ0) is 57.2. The largest absolute Gasteiger partial charge is 0.311 e. The molecule has 0 atom stereocenters. The lowest BCUT2D eigenvalue weighted by atomic mass is 9.67. The number of hydrogen-bond donors (Lipinski definition) is 0. The van der Waals surface area contributed by atoms with E-state index in [9.17, 15) is 8.22 Å². The van der Waals surface area contributed by atoms with Gasteiger partial charge in [0.05, 0.1) is 16.4 Å². The maximum atomic E-state index is 9.93. The summed E-state index contributed by atoms with van der Waals surface area (Å²) in [5.41, 5.74) is 11.3. The highest BCUT2D eigenvalue weighted by atomic mass is 28.3. The van der Waals surface area contributed by atoms with Crippen molar-refractivity contribution >= 4 is 74.7 Å². The molecule has 12 aromatic carbocycles. The highest BCUT2D eigenvalue weighted by Crippen LogP contribution is 2.57. The molecule has 2 heterocycles. The second-order valence-electron chi connectivity index (χ2n) is 20.0. The normalized spacial score (nSPS) is 15.8. The summed E-state index contributed by atoms with van der Waals surface area (Å²) >= 11 is 0. The summed E-state index contributed by atoms with van der Waals surface area (Å²) in [6, 6.07) is 89.8. The predicted octanol–water partition coefficient (Wildman–Crippen LogP) is 12.2. The second-order valence-corrected chi connectivity index (χ2v) is 27.4. The van der Waals surface area contributed by atoms with Gasteiger partial charge in [-0.3, -0.25) is 0 Å². The van der Waals surface area contributed by atoms with Crippen molar-refractivity contribution in [2.24, 2.45) is 0 Å². The molecule has 12 aromatic rings. The molecule has 0 saturated heterocycles. The van der Waals surface area contributed by atoms with E-state index in [1.807, 2.05) is 42.5 Å². The molecule has 0 N–H and O–H groups in total. The van der Waals surface area contributed by atoms with Crippen LogP contribution in [0.1, 0.15) is 33.2 Å². The second kappa shape index (κ2) is 17.5. The molecule has 0 amide bonds. The van der Waals surface area contributed by atoms with Gasteiger partial charge < -0.3 is 4.90 Å². The van der Waals surface area contributed by atoms with Crippen molar-refractivity contribution in [3.8, 4) is 33.4 Å². The molecule has 0 aromatic heterocycles. The Morgan fingerprint density at radius 2 is 0.697 bits per heavy atom. The van der Waals surface area contributed by atoms with Gasteiger partial charge in [0.1, 0.15) is 0 Å². The Labute approximate surface area is 458 Å². The molecule has 0 fully saturated rings. The van der Waals surface area contributed by atoms with E-state index in [0.29, 0.717) is 15.6 Å². The molecule has 0 saturated carbocycles. The molecule has 76 heavy (non-hydrogen) atoms. The summed E-state index contributed by atoms with van der Waals surface area (Å²) in [5, 5.41) is 7.15. The quantitative estimate of drug-likeness (QED) is 0.130. The first-order valence-electron chi connectivity index (χ1n) is 29.9. The van der Waals surface area contributed by atoms with Crippen LogP contribution in [0.25, 0.3) is 33.4 Å². The lowest BCUT2D eigenvalue weighted by molar-refractivity contribution is 0.768. The third-order valence-corrected chi connectivity index (χ3v) is 26.0. The van der Waals surface area contributed by atoms with Crippen molar-refractivity contribution in [2.75, 3.05) is 4.90 Å². The fraction of sp³-hybridized carbons (Fsp3) is 0.0137. The van der Waals surface area contributed by atoms with Gasteiger partial charge in [-0.05, 0) is 134 Å². The van der Waals surface area contributed by atoms with E-state index < -0.39 is 45.7 Å². The number of benzene rings is 12. The number of hydrogen-bond acceptors (Lipinski definition) is 1.